The topological polar surface area (TPSA) is 75.9 Å². The molecule has 2 aromatic heterocycles. The molecule has 0 radical (unpaired) electrons. The number of thiazole rings is 1. The van der Waals surface area contributed by atoms with Crippen LogP contribution in [0.1, 0.15) is 18.6 Å². The average Bonchev–Trinajstić information content (AvgIpc) is 3.31. The summed E-state index contributed by atoms with van der Waals surface area (Å²) in [5.41, 5.74) is 0. The number of rotatable bonds is 7. The van der Waals surface area contributed by atoms with E-state index in [1.54, 1.807) is 12.5 Å². The van der Waals surface area contributed by atoms with Crippen LogP contribution >= 0.6 is 33.9 Å². The molecule has 1 atom stereocenters. The van der Waals surface area contributed by atoms with Crippen LogP contribution in [0.4, 0.5) is 9.93 Å². The molecule has 3 rings (SSSR count). The number of anilines is 1. The van der Waals surface area contributed by atoms with Gasteiger partial charge in [0.1, 0.15) is 5.76 Å². The first-order valence-corrected chi connectivity index (χ1v) is 9.83. The second-order valence-corrected chi connectivity index (χ2v) is 8.46. The molecule has 26 heavy (non-hydrogen) atoms. The van der Waals surface area contributed by atoms with Gasteiger partial charge >= 0.3 is 12.0 Å². The van der Waals surface area contributed by atoms with Gasteiger partial charge in [0.2, 0.25) is 6.23 Å². The monoisotopic (exact) mass is 485 g/mol. The molecule has 0 saturated carbocycles. The standard InChI is InChI=1S/C17H16IN3O4S/c1-2-8-20-11-14(21(17(20)23)16-19-10-13(18)26-16)25-15(22)7-3-5-12-6-4-9-24-12/h1,4,6,9-10,14H,3,5,7-8,11H2. The Bertz CT molecular complexity index is 814. The number of esters is 1. The van der Waals surface area contributed by atoms with E-state index in [4.69, 9.17) is 15.6 Å². The number of urea groups is 1. The summed E-state index contributed by atoms with van der Waals surface area (Å²) in [7, 11) is 0. The number of carbonyl (C=O) groups is 2. The van der Waals surface area contributed by atoms with E-state index in [1.807, 2.05) is 12.1 Å². The Kier molecular flexibility index (Phi) is 6.16. The molecule has 0 aliphatic carbocycles. The van der Waals surface area contributed by atoms with E-state index >= 15 is 0 Å². The summed E-state index contributed by atoms with van der Waals surface area (Å²) in [4.78, 5) is 31.9. The lowest BCUT2D eigenvalue weighted by molar-refractivity contribution is -0.148. The van der Waals surface area contributed by atoms with Crippen molar-refractivity contribution < 1.29 is 18.7 Å². The number of hydrogen-bond acceptors (Lipinski definition) is 6. The minimum absolute atomic E-state index is 0.157. The molecule has 1 aliphatic heterocycles. The lowest BCUT2D eigenvalue weighted by Gasteiger charge is -2.20. The van der Waals surface area contributed by atoms with Crippen molar-refractivity contribution in [1.29, 1.82) is 0 Å². The molecule has 3 heterocycles. The lowest BCUT2D eigenvalue weighted by atomic mass is 10.2. The normalized spacial score (nSPS) is 16.8. The van der Waals surface area contributed by atoms with Crippen molar-refractivity contribution in [3.63, 3.8) is 0 Å². The lowest BCUT2D eigenvalue weighted by Crippen LogP contribution is -2.37. The highest BCUT2D eigenvalue weighted by atomic mass is 127. The van der Waals surface area contributed by atoms with Gasteiger partial charge in [0, 0.05) is 12.8 Å². The first-order valence-electron chi connectivity index (χ1n) is 7.93. The second kappa shape index (κ2) is 8.55. The molecule has 1 unspecified atom stereocenters. The zero-order chi connectivity index (χ0) is 18.5. The minimum atomic E-state index is -0.728. The largest absolute Gasteiger partial charge is 0.469 e. The van der Waals surface area contributed by atoms with Crippen molar-refractivity contribution in [3.8, 4) is 12.3 Å². The van der Waals surface area contributed by atoms with Gasteiger partial charge in [-0.25, -0.2) is 14.7 Å². The van der Waals surface area contributed by atoms with Gasteiger partial charge in [-0.2, -0.15) is 0 Å². The van der Waals surface area contributed by atoms with Crippen molar-refractivity contribution >= 4 is 51.1 Å². The fourth-order valence-electron chi connectivity index (χ4n) is 2.59. The number of ether oxygens (including phenoxy) is 1. The molecular weight excluding hydrogens is 469 g/mol. The van der Waals surface area contributed by atoms with E-state index in [1.165, 1.54) is 21.1 Å². The van der Waals surface area contributed by atoms with Crippen molar-refractivity contribution in [3.05, 3.63) is 33.2 Å². The van der Waals surface area contributed by atoms with Crippen LogP contribution in [-0.2, 0) is 16.0 Å². The first-order chi connectivity index (χ1) is 12.6. The second-order valence-electron chi connectivity index (χ2n) is 5.56. The van der Waals surface area contributed by atoms with Crippen LogP contribution in [0, 0.1) is 15.2 Å². The molecule has 7 nitrogen and oxygen atoms in total. The molecule has 0 bridgehead atoms. The third-order valence-electron chi connectivity index (χ3n) is 3.75. The fraction of sp³-hybridized carbons (Fsp3) is 0.353. The summed E-state index contributed by atoms with van der Waals surface area (Å²) in [5.74, 6) is 2.91. The van der Waals surface area contributed by atoms with Crippen LogP contribution in [0.3, 0.4) is 0 Å². The van der Waals surface area contributed by atoms with Crippen LogP contribution in [0.15, 0.2) is 29.0 Å². The van der Waals surface area contributed by atoms with Crippen molar-refractivity contribution in [1.82, 2.24) is 9.88 Å². The molecule has 2 amide bonds. The minimum Gasteiger partial charge on any atom is -0.469 e. The summed E-state index contributed by atoms with van der Waals surface area (Å²) in [6.07, 6.45) is 9.37. The molecular formula is C17H16IN3O4S. The third kappa shape index (κ3) is 4.37. The maximum Gasteiger partial charge on any atom is 0.330 e. The fourth-order valence-corrected chi connectivity index (χ4v) is 4.00. The van der Waals surface area contributed by atoms with E-state index in [2.05, 4.69) is 33.5 Å². The van der Waals surface area contributed by atoms with Crippen molar-refractivity contribution in [2.45, 2.75) is 25.5 Å². The van der Waals surface area contributed by atoms with E-state index in [0.29, 0.717) is 18.0 Å². The summed E-state index contributed by atoms with van der Waals surface area (Å²) in [5, 5.41) is 0.493. The Morgan fingerprint density at radius 2 is 2.42 bits per heavy atom. The molecule has 1 saturated heterocycles. The maximum absolute atomic E-state index is 12.6. The number of terminal acetylenes is 1. The smallest absolute Gasteiger partial charge is 0.330 e. The molecule has 1 fully saturated rings. The maximum atomic E-state index is 12.6. The number of furan rings is 1. The number of amides is 2. The number of halogens is 1. The van der Waals surface area contributed by atoms with Gasteiger partial charge in [0.05, 0.1) is 28.4 Å². The highest BCUT2D eigenvalue weighted by molar-refractivity contribution is 14.1. The molecule has 0 aromatic carbocycles. The third-order valence-corrected chi connectivity index (χ3v) is 5.47. The Hall–Kier alpha value is -2.06. The number of aryl methyl sites for hydroxylation is 1. The molecule has 1 aliphatic rings. The molecule has 9 heteroatoms. The van der Waals surface area contributed by atoms with Gasteiger partial charge in [-0.3, -0.25) is 4.79 Å². The predicted molar refractivity (Wildman–Crippen MR) is 105 cm³/mol. The quantitative estimate of drug-likeness (QED) is 0.342. The summed E-state index contributed by atoms with van der Waals surface area (Å²) < 4.78 is 11.7. The zero-order valence-electron chi connectivity index (χ0n) is 13.8. The van der Waals surface area contributed by atoms with Crippen LogP contribution < -0.4 is 4.90 Å². The number of carbonyl (C=O) groups excluding carboxylic acids is 2. The van der Waals surface area contributed by atoms with E-state index < -0.39 is 6.23 Å². The van der Waals surface area contributed by atoms with E-state index in [9.17, 15) is 9.59 Å². The first kappa shape index (κ1) is 18.7. The summed E-state index contributed by atoms with van der Waals surface area (Å²) in [6, 6.07) is 3.37. The Morgan fingerprint density at radius 3 is 3.08 bits per heavy atom. The highest BCUT2D eigenvalue weighted by Gasteiger charge is 2.41. The van der Waals surface area contributed by atoms with Gasteiger partial charge in [0.25, 0.3) is 0 Å². The summed E-state index contributed by atoms with van der Waals surface area (Å²) in [6.45, 7) is 0.382. The van der Waals surface area contributed by atoms with Crippen molar-refractivity contribution in [2.24, 2.45) is 0 Å². The predicted octanol–water partition coefficient (Wildman–Crippen LogP) is 3.11. The van der Waals surface area contributed by atoms with Gasteiger partial charge < -0.3 is 14.1 Å². The van der Waals surface area contributed by atoms with Crippen LogP contribution in [0.25, 0.3) is 0 Å². The van der Waals surface area contributed by atoms with Gasteiger partial charge in [-0.15, -0.1) is 6.42 Å². The Labute approximate surface area is 168 Å². The van der Waals surface area contributed by atoms with E-state index in [-0.39, 0.29) is 31.5 Å². The molecule has 2 aromatic rings. The number of hydrogen-bond donors (Lipinski definition) is 0. The molecule has 0 N–H and O–H groups in total. The molecule has 136 valence electrons. The van der Waals surface area contributed by atoms with Crippen LogP contribution in [-0.4, -0.2) is 41.2 Å². The Morgan fingerprint density at radius 1 is 1.58 bits per heavy atom. The van der Waals surface area contributed by atoms with Crippen LogP contribution in [0.5, 0.6) is 0 Å². The SMILES string of the molecule is C#CCN1CC(OC(=O)CCCc2ccco2)N(c2ncc(I)s2)C1=O. The van der Waals surface area contributed by atoms with Gasteiger partial charge in [0.15, 0.2) is 5.13 Å². The van der Waals surface area contributed by atoms with Crippen molar-refractivity contribution in [2.75, 3.05) is 18.0 Å². The van der Waals surface area contributed by atoms with E-state index in [0.717, 1.165) is 8.64 Å². The summed E-state index contributed by atoms with van der Waals surface area (Å²) >= 11 is 3.48. The molecule has 0 spiro atoms. The van der Waals surface area contributed by atoms with Gasteiger partial charge in [-0.1, -0.05) is 17.3 Å². The number of aromatic nitrogens is 1. The number of nitrogens with zero attached hydrogens (tertiary/aromatic N) is 3. The highest BCUT2D eigenvalue weighted by Crippen LogP contribution is 2.30. The van der Waals surface area contributed by atoms with Gasteiger partial charge in [-0.05, 0) is 41.1 Å². The van der Waals surface area contributed by atoms with Crippen LogP contribution in [0.2, 0.25) is 0 Å². The Balaban J connectivity index is 1.62. The average molecular weight is 485 g/mol. The zero-order valence-corrected chi connectivity index (χ0v) is 16.7.